The van der Waals surface area contributed by atoms with Crippen molar-refractivity contribution in [1.82, 2.24) is 0 Å². The van der Waals surface area contributed by atoms with Crippen molar-refractivity contribution in [3.8, 4) is 5.75 Å². The lowest BCUT2D eigenvalue weighted by molar-refractivity contribution is 0.104. The second-order valence-electron chi connectivity index (χ2n) is 2.59. The summed E-state index contributed by atoms with van der Waals surface area (Å²) in [5.74, 6) is -0.243. The molecular weight excluding hydrogens is 152 g/mol. The van der Waals surface area contributed by atoms with E-state index in [1.54, 1.807) is 18.2 Å². The van der Waals surface area contributed by atoms with Crippen LogP contribution in [0.5, 0.6) is 5.75 Å². The fourth-order valence-corrected chi connectivity index (χ4v) is 0.960. The third-order valence-corrected chi connectivity index (χ3v) is 1.60. The Hall–Kier alpha value is -1.57. The molecule has 0 atom stereocenters. The van der Waals surface area contributed by atoms with Gasteiger partial charge in [-0.3, -0.25) is 4.79 Å². The minimum atomic E-state index is -0.257. The van der Waals surface area contributed by atoms with Crippen LogP contribution in [0.15, 0.2) is 30.9 Å². The Bertz CT molecular complexity index is 327. The predicted octanol–water partition coefficient (Wildman–Crippen LogP) is 2.07. The van der Waals surface area contributed by atoms with Crippen LogP contribution in [-0.2, 0) is 0 Å². The molecule has 2 heteroatoms. The molecular formula is C10H10O2. The number of carbonyl (C=O) groups is 1. The van der Waals surface area contributed by atoms with Crippen LogP contribution in [0.2, 0.25) is 0 Å². The summed E-state index contributed by atoms with van der Waals surface area (Å²) in [7, 11) is 0. The quantitative estimate of drug-likeness (QED) is 0.534. The van der Waals surface area contributed by atoms with Crippen molar-refractivity contribution in [1.29, 1.82) is 0 Å². The molecule has 0 aromatic heterocycles. The molecule has 1 N–H and O–H groups in total. The van der Waals surface area contributed by atoms with E-state index in [0.29, 0.717) is 5.56 Å². The molecule has 1 rings (SSSR count). The number of allylic oxidation sites excluding steroid dienone is 1. The lowest BCUT2D eigenvalue weighted by atomic mass is 10.1. The van der Waals surface area contributed by atoms with E-state index >= 15 is 0 Å². The summed E-state index contributed by atoms with van der Waals surface area (Å²) in [5, 5.41) is 9.32. The van der Waals surface area contributed by atoms with E-state index in [1.165, 1.54) is 6.08 Å². The summed E-state index contributed by atoms with van der Waals surface area (Å²) in [4.78, 5) is 11.1. The first-order valence-electron chi connectivity index (χ1n) is 3.61. The average Bonchev–Trinajstić information content (AvgIpc) is 2.03. The van der Waals surface area contributed by atoms with Crippen molar-refractivity contribution < 1.29 is 9.90 Å². The van der Waals surface area contributed by atoms with Gasteiger partial charge in [0.25, 0.3) is 0 Å². The molecule has 1 aromatic rings. The van der Waals surface area contributed by atoms with Crippen LogP contribution < -0.4 is 0 Å². The molecule has 0 aliphatic rings. The molecule has 1 aromatic carbocycles. The lowest BCUT2D eigenvalue weighted by Gasteiger charge is -2.00. The third kappa shape index (κ3) is 1.53. The summed E-state index contributed by atoms with van der Waals surface area (Å²) in [5.41, 5.74) is 1.23. The zero-order valence-electron chi connectivity index (χ0n) is 6.87. The zero-order valence-corrected chi connectivity index (χ0v) is 6.87. The summed E-state index contributed by atoms with van der Waals surface area (Å²) >= 11 is 0. The van der Waals surface area contributed by atoms with E-state index in [1.807, 2.05) is 6.92 Å². The molecule has 0 radical (unpaired) electrons. The third-order valence-electron chi connectivity index (χ3n) is 1.60. The maximum Gasteiger partial charge on any atom is 0.188 e. The Kier molecular flexibility index (Phi) is 2.29. The van der Waals surface area contributed by atoms with Gasteiger partial charge in [-0.2, -0.15) is 0 Å². The average molecular weight is 162 g/mol. The highest BCUT2D eigenvalue weighted by atomic mass is 16.3. The van der Waals surface area contributed by atoms with Crippen molar-refractivity contribution in [3.63, 3.8) is 0 Å². The highest BCUT2D eigenvalue weighted by Gasteiger charge is 2.06. The van der Waals surface area contributed by atoms with Crippen LogP contribution in [-0.4, -0.2) is 10.9 Å². The van der Waals surface area contributed by atoms with Gasteiger partial charge in [-0.1, -0.05) is 12.6 Å². The van der Waals surface area contributed by atoms with E-state index in [0.717, 1.165) is 5.56 Å². The Balaban J connectivity index is 3.18. The summed E-state index contributed by atoms with van der Waals surface area (Å²) < 4.78 is 0. The van der Waals surface area contributed by atoms with Gasteiger partial charge in [0, 0.05) is 0 Å². The molecule has 2 nitrogen and oxygen atoms in total. The van der Waals surface area contributed by atoms with Crippen LogP contribution >= 0.6 is 0 Å². The van der Waals surface area contributed by atoms with Crippen molar-refractivity contribution in [2.75, 3.05) is 0 Å². The van der Waals surface area contributed by atoms with Gasteiger partial charge in [0.15, 0.2) is 5.78 Å². The number of rotatable bonds is 2. The zero-order chi connectivity index (χ0) is 9.14. The predicted molar refractivity (Wildman–Crippen MR) is 47.4 cm³/mol. The summed E-state index contributed by atoms with van der Waals surface area (Å²) in [6, 6.07) is 4.92. The number of ketones is 1. The second-order valence-corrected chi connectivity index (χ2v) is 2.59. The first kappa shape index (κ1) is 8.53. The maximum absolute atomic E-state index is 11.1. The Morgan fingerprint density at radius 1 is 1.58 bits per heavy atom. The number of carbonyl (C=O) groups excluding carboxylic acids is 1. The van der Waals surface area contributed by atoms with Gasteiger partial charge in [-0.25, -0.2) is 0 Å². The summed E-state index contributed by atoms with van der Waals surface area (Å²) in [6.07, 6.45) is 1.18. The first-order valence-corrected chi connectivity index (χ1v) is 3.61. The van der Waals surface area contributed by atoms with Gasteiger partial charge in [-0.15, -0.1) is 0 Å². The lowest BCUT2D eigenvalue weighted by Crippen LogP contribution is -1.93. The molecule has 0 bridgehead atoms. The van der Waals surface area contributed by atoms with Crippen LogP contribution in [0, 0.1) is 6.92 Å². The summed E-state index contributed by atoms with van der Waals surface area (Å²) in [6.45, 7) is 5.19. The normalized spacial score (nSPS) is 9.42. The van der Waals surface area contributed by atoms with Gasteiger partial charge < -0.3 is 5.11 Å². The molecule has 0 aliphatic heterocycles. The van der Waals surface area contributed by atoms with Gasteiger partial charge in [0.05, 0.1) is 5.56 Å². The van der Waals surface area contributed by atoms with Gasteiger partial charge in [0.1, 0.15) is 5.75 Å². The standard InChI is InChI=1S/C10H10O2/c1-3-9(11)8-5-4-7(2)6-10(8)12/h3-6,12H,1H2,2H3. The highest BCUT2D eigenvalue weighted by Crippen LogP contribution is 2.18. The van der Waals surface area contributed by atoms with E-state index in [-0.39, 0.29) is 11.5 Å². The van der Waals surface area contributed by atoms with E-state index < -0.39 is 0 Å². The van der Waals surface area contributed by atoms with Gasteiger partial charge in [-0.05, 0) is 30.7 Å². The van der Waals surface area contributed by atoms with Crippen LogP contribution in [0.1, 0.15) is 15.9 Å². The number of hydrogen-bond donors (Lipinski definition) is 1. The van der Waals surface area contributed by atoms with Crippen molar-refractivity contribution in [2.45, 2.75) is 6.92 Å². The SMILES string of the molecule is C=CC(=O)c1ccc(C)cc1O. The molecule has 0 fully saturated rings. The van der Waals surface area contributed by atoms with Gasteiger partial charge in [0.2, 0.25) is 0 Å². The van der Waals surface area contributed by atoms with Crippen LogP contribution in [0.3, 0.4) is 0 Å². The van der Waals surface area contributed by atoms with Crippen LogP contribution in [0.25, 0.3) is 0 Å². The molecule has 0 saturated carbocycles. The molecule has 0 unspecified atom stereocenters. The number of aromatic hydroxyl groups is 1. The number of phenols is 1. The van der Waals surface area contributed by atoms with Crippen LogP contribution in [0.4, 0.5) is 0 Å². The van der Waals surface area contributed by atoms with Gasteiger partial charge >= 0.3 is 0 Å². The Labute approximate surface area is 71.2 Å². The minimum absolute atomic E-state index is 0.0138. The smallest absolute Gasteiger partial charge is 0.188 e. The minimum Gasteiger partial charge on any atom is -0.507 e. The van der Waals surface area contributed by atoms with Crippen molar-refractivity contribution in [3.05, 3.63) is 42.0 Å². The molecule has 0 heterocycles. The molecule has 0 aliphatic carbocycles. The Morgan fingerprint density at radius 3 is 2.75 bits per heavy atom. The number of aryl methyl sites for hydroxylation is 1. The van der Waals surface area contributed by atoms with E-state index in [4.69, 9.17) is 0 Å². The van der Waals surface area contributed by atoms with E-state index in [9.17, 15) is 9.90 Å². The molecule has 0 amide bonds. The fraction of sp³-hybridized carbons (Fsp3) is 0.100. The fourth-order valence-electron chi connectivity index (χ4n) is 0.960. The highest BCUT2D eigenvalue weighted by molar-refractivity contribution is 6.06. The second kappa shape index (κ2) is 3.22. The van der Waals surface area contributed by atoms with Crippen molar-refractivity contribution in [2.24, 2.45) is 0 Å². The molecule has 0 spiro atoms. The Morgan fingerprint density at radius 2 is 2.25 bits per heavy atom. The maximum atomic E-state index is 11.1. The topological polar surface area (TPSA) is 37.3 Å². The number of phenolic OH excluding ortho intramolecular Hbond substituents is 1. The largest absolute Gasteiger partial charge is 0.507 e. The van der Waals surface area contributed by atoms with E-state index in [2.05, 4.69) is 6.58 Å². The first-order chi connectivity index (χ1) is 5.65. The van der Waals surface area contributed by atoms with Crippen molar-refractivity contribution >= 4 is 5.78 Å². The number of hydrogen-bond acceptors (Lipinski definition) is 2. The molecule has 12 heavy (non-hydrogen) atoms. The molecule has 62 valence electrons. The molecule has 0 saturated heterocycles. The monoisotopic (exact) mass is 162 g/mol. The number of benzene rings is 1.